The van der Waals surface area contributed by atoms with E-state index in [-0.39, 0.29) is 0 Å². The minimum absolute atomic E-state index is 0.620. The molecule has 0 amide bonds. The lowest BCUT2D eigenvalue weighted by Crippen LogP contribution is -2.05. The highest BCUT2D eigenvalue weighted by Gasteiger charge is 2.05. The summed E-state index contributed by atoms with van der Waals surface area (Å²) in [6.45, 7) is 0. The molecule has 16 heavy (non-hydrogen) atoms. The number of nitrogens with zero attached hydrogens (tertiary/aromatic N) is 2. The number of rotatable bonds is 4. The number of aromatic nitrogens is 2. The monoisotopic (exact) mass is 272 g/mol. The Hall–Kier alpha value is -0.820. The molecule has 0 spiro atoms. The lowest BCUT2D eigenvalue weighted by Gasteiger charge is -2.00. The van der Waals surface area contributed by atoms with Gasteiger partial charge in [0.05, 0.1) is 10.8 Å². The summed E-state index contributed by atoms with van der Waals surface area (Å²) < 4.78 is 0. The molecule has 0 radical (unpaired) electrons. The van der Waals surface area contributed by atoms with Crippen molar-refractivity contribution in [3.8, 4) is 0 Å². The van der Waals surface area contributed by atoms with Crippen LogP contribution in [0.2, 0.25) is 5.02 Å². The molecular weight excluding hydrogens is 264 g/mol. The predicted molar refractivity (Wildman–Crippen MR) is 68.7 cm³/mol. The fourth-order valence-corrected chi connectivity index (χ4v) is 2.95. The maximum Gasteiger partial charge on any atom is 0.219 e. The fourth-order valence-electron chi connectivity index (χ4n) is 1.07. The smallest absolute Gasteiger partial charge is 0.219 e. The maximum absolute atomic E-state index is 6.04. The van der Waals surface area contributed by atoms with Gasteiger partial charge in [-0.2, -0.15) is 0 Å². The molecule has 0 saturated carbocycles. The van der Waals surface area contributed by atoms with Crippen LogP contribution in [0.25, 0.3) is 0 Å². The van der Waals surface area contributed by atoms with E-state index in [2.05, 4.69) is 15.6 Å². The summed E-state index contributed by atoms with van der Waals surface area (Å²) in [7, 11) is 0. The summed E-state index contributed by atoms with van der Waals surface area (Å²) in [5.41, 5.74) is 2.47. The summed E-state index contributed by atoms with van der Waals surface area (Å²) in [5.74, 6) is 5.96. The Balaban J connectivity index is 1.99. The van der Waals surface area contributed by atoms with Crippen LogP contribution in [0.5, 0.6) is 0 Å². The molecule has 84 valence electrons. The largest absolute Gasteiger partial charge is 0.298 e. The molecule has 2 rings (SSSR count). The highest BCUT2D eigenvalue weighted by molar-refractivity contribution is 7.98. The molecule has 1 heterocycles. The number of halogens is 1. The van der Waals surface area contributed by atoms with Gasteiger partial charge < -0.3 is 0 Å². The molecule has 1 aromatic carbocycles. The van der Waals surface area contributed by atoms with Gasteiger partial charge in [0, 0.05) is 4.90 Å². The standard InChI is InChI=1S/C9H9ClN4S2/c10-6-3-1-2-4-7(6)15-5-8-13-14-9(12-11)16-8/h1-4H,5,11H2,(H,12,14). The summed E-state index contributed by atoms with van der Waals surface area (Å²) >= 11 is 9.10. The maximum atomic E-state index is 6.04. The van der Waals surface area contributed by atoms with E-state index < -0.39 is 0 Å². The van der Waals surface area contributed by atoms with Crippen molar-refractivity contribution in [2.45, 2.75) is 10.6 Å². The molecule has 0 atom stereocenters. The first-order chi connectivity index (χ1) is 7.79. The van der Waals surface area contributed by atoms with Gasteiger partial charge in [0.1, 0.15) is 5.01 Å². The zero-order chi connectivity index (χ0) is 11.4. The average Bonchev–Trinajstić information content (AvgIpc) is 2.76. The summed E-state index contributed by atoms with van der Waals surface area (Å²) in [5, 5.41) is 10.1. The van der Waals surface area contributed by atoms with Crippen molar-refractivity contribution in [3.63, 3.8) is 0 Å². The molecule has 0 aliphatic heterocycles. The Morgan fingerprint density at radius 1 is 1.38 bits per heavy atom. The normalized spacial score (nSPS) is 10.4. The second-order valence-corrected chi connectivity index (χ2v) is 5.35. The Morgan fingerprint density at radius 3 is 2.88 bits per heavy atom. The molecule has 0 fully saturated rings. The van der Waals surface area contributed by atoms with E-state index in [1.165, 1.54) is 11.3 Å². The van der Waals surface area contributed by atoms with Gasteiger partial charge in [-0.1, -0.05) is 35.1 Å². The van der Waals surface area contributed by atoms with Crippen molar-refractivity contribution in [3.05, 3.63) is 34.3 Å². The van der Waals surface area contributed by atoms with Gasteiger partial charge in [-0.3, -0.25) is 5.43 Å². The Morgan fingerprint density at radius 2 is 2.19 bits per heavy atom. The number of hydrogen-bond donors (Lipinski definition) is 2. The second-order valence-electron chi connectivity index (χ2n) is 2.86. The molecule has 1 aromatic heterocycles. The first kappa shape index (κ1) is 11.7. The van der Waals surface area contributed by atoms with Crippen molar-refractivity contribution in [1.82, 2.24) is 10.2 Å². The number of hydrazine groups is 1. The number of nitrogen functional groups attached to an aromatic ring is 1. The predicted octanol–water partition coefficient (Wildman–Crippen LogP) is 2.77. The molecule has 0 bridgehead atoms. The van der Waals surface area contributed by atoms with E-state index >= 15 is 0 Å². The van der Waals surface area contributed by atoms with Crippen LogP contribution in [0, 0.1) is 0 Å². The highest BCUT2D eigenvalue weighted by Crippen LogP contribution is 2.30. The van der Waals surface area contributed by atoms with Crippen LogP contribution in [0.4, 0.5) is 5.13 Å². The van der Waals surface area contributed by atoms with E-state index in [9.17, 15) is 0 Å². The zero-order valence-corrected chi connectivity index (χ0v) is 10.6. The molecule has 4 nitrogen and oxygen atoms in total. The Labute approximate surface area is 106 Å². The molecule has 7 heteroatoms. The van der Waals surface area contributed by atoms with Crippen molar-refractivity contribution >= 4 is 39.8 Å². The van der Waals surface area contributed by atoms with Crippen LogP contribution >= 0.6 is 34.7 Å². The molecule has 0 unspecified atom stereocenters. The first-order valence-corrected chi connectivity index (χ1v) is 6.64. The van der Waals surface area contributed by atoms with E-state index in [0.717, 1.165) is 20.7 Å². The Kier molecular flexibility index (Phi) is 4.00. The molecular formula is C9H9ClN4S2. The van der Waals surface area contributed by atoms with Gasteiger partial charge in [-0.05, 0) is 12.1 Å². The van der Waals surface area contributed by atoms with Crippen LogP contribution < -0.4 is 11.3 Å². The van der Waals surface area contributed by atoms with Crippen LogP contribution in [-0.2, 0) is 5.75 Å². The summed E-state index contributed by atoms with van der Waals surface area (Å²) in [6.07, 6.45) is 0. The lowest BCUT2D eigenvalue weighted by molar-refractivity contribution is 1.03. The highest BCUT2D eigenvalue weighted by atomic mass is 35.5. The van der Waals surface area contributed by atoms with E-state index in [1.54, 1.807) is 11.8 Å². The average molecular weight is 273 g/mol. The summed E-state index contributed by atoms with van der Waals surface area (Å²) in [4.78, 5) is 1.04. The van der Waals surface area contributed by atoms with Gasteiger partial charge in [0.2, 0.25) is 5.13 Å². The third-order valence-corrected chi connectivity index (χ3v) is 4.34. The second kappa shape index (κ2) is 5.49. The topological polar surface area (TPSA) is 63.8 Å². The summed E-state index contributed by atoms with van der Waals surface area (Å²) in [6, 6.07) is 7.72. The molecule has 0 aliphatic carbocycles. The van der Waals surface area contributed by atoms with Crippen LogP contribution in [-0.4, -0.2) is 10.2 Å². The number of nitrogens with one attached hydrogen (secondary N) is 1. The van der Waals surface area contributed by atoms with Crippen LogP contribution in [0.15, 0.2) is 29.2 Å². The number of benzene rings is 1. The minimum atomic E-state index is 0.620. The number of thioether (sulfide) groups is 1. The minimum Gasteiger partial charge on any atom is -0.298 e. The van der Waals surface area contributed by atoms with Gasteiger partial charge in [-0.25, -0.2) is 5.84 Å². The van der Waals surface area contributed by atoms with Crippen LogP contribution in [0.3, 0.4) is 0 Å². The number of nitrogens with two attached hydrogens (primary N) is 1. The zero-order valence-electron chi connectivity index (χ0n) is 8.18. The van der Waals surface area contributed by atoms with Crippen molar-refractivity contribution in [2.75, 3.05) is 5.43 Å². The molecule has 3 N–H and O–H groups in total. The van der Waals surface area contributed by atoms with Crippen molar-refractivity contribution in [1.29, 1.82) is 0 Å². The van der Waals surface area contributed by atoms with E-state index in [1.807, 2.05) is 24.3 Å². The van der Waals surface area contributed by atoms with Gasteiger partial charge >= 0.3 is 0 Å². The Bertz CT molecular complexity index is 474. The quantitative estimate of drug-likeness (QED) is 0.509. The van der Waals surface area contributed by atoms with Crippen LogP contribution in [0.1, 0.15) is 5.01 Å². The fraction of sp³-hybridized carbons (Fsp3) is 0.111. The molecule has 2 aromatic rings. The third-order valence-electron chi connectivity index (χ3n) is 1.78. The van der Waals surface area contributed by atoms with Gasteiger partial charge in [0.25, 0.3) is 0 Å². The number of anilines is 1. The van der Waals surface area contributed by atoms with E-state index in [4.69, 9.17) is 17.4 Å². The van der Waals surface area contributed by atoms with E-state index in [0.29, 0.717) is 5.13 Å². The van der Waals surface area contributed by atoms with Gasteiger partial charge in [0.15, 0.2) is 0 Å². The SMILES string of the molecule is NNc1nnc(CSc2ccccc2Cl)s1. The number of hydrogen-bond acceptors (Lipinski definition) is 6. The lowest BCUT2D eigenvalue weighted by atomic mass is 10.4. The van der Waals surface area contributed by atoms with Gasteiger partial charge in [-0.15, -0.1) is 22.0 Å². The molecule has 0 aliphatic rings. The van der Waals surface area contributed by atoms with Crippen molar-refractivity contribution < 1.29 is 0 Å². The first-order valence-electron chi connectivity index (χ1n) is 4.46. The third kappa shape index (κ3) is 2.85. The van der Waals surface area contributed by atoms with Crippen molar-refractivity contribution in [2.24, 2.45) is 5.84 Å². The molecule has 0 saturated heterocycles.